The average molecular weight is 262 g/mol. The van der Waals surface area contributed by atoms with Gasteiger partial charge in [0.2, 0.25) is 11.8 Å². The van der Waals surface area contributed by atoms with E-state index in [0.29, 0.717) is 6.54 Å². The summed E-state index contributed by atoms with van der Waals surface area (Å²) < 4.78 is 0. The van der Waals surface area contributed by atoms with Gasteiger partial charge < -0.3 is 15.3 Å². The van der Waals surface area contributed by atoms with Gasteiger partial charge in [0.15, 0.2) is 0 Å². The predicted molar refractivity (Wildman–Crippen MR) is 71.7 cm³/mol. The zero-order valence-corrected chi connectivity index (χ0v) is 10.9. The average Bonchev–Trinajstić information content (AvgIpc) is 2.79. The Morgan fingerprint density at radius 1 is 1.42 bits per heavy atom. The Hall–Kier alpha value is -1.88. The minimum atomic E-state index is -0.333. The van der Waals surface area contributed by atoms with Crippen molar-refractivity contribution in [2.24, 2.45) is 5.92 Å². The van der Waals surface area contributed by atoms with Gasteiger partial charge >= 0.3 is 0 Å². The van der Waals surface area contributed by atoms with Gasteiger partial charge in [0.05, 0.1) is 12.5 Å². The van der Waals surface area contributed by atoms with Crippen LogP contribution in [-0.2, 0) is 9.59 Å². The summed E-state index contributed by atoms with van der Waals surface area (Å²) >= 11 is 0. The number of amides is 2. The first-order valence-corrected chi connectivity index (χ1v) is 6.37. The van der Waals surface area contributed by atoms with Crippen LogP contribution in [-0.4, -0.2) is 36.6 Å². The van der Waals surface area contributed by atoms with Crippen LogP contribution in [0.2, 0.25) is 0 Å². The number of rotatable bonds is 4. The first-order chi connectivity index (χ1) is 9.11. The molecule has 2 amide bonds. The zero-order chi connectivity index (χ0) is 13.8. The Morgan fingerprint density at radius 2 is 2.11 bits per heavy atom. The van der Waals surface area contributed by atoms with Crippen molar-refractivity contribution in [3.05, 3.63) is 29.8 Å². The first kappa shape index (κ1) is 13.5. The molecule has 19 heavy (non-hydrogen) atoms. The summed E-state index contributed by atoms with van der Waals surface area (Å²) in [7, 11) is 0. The van der Waals surface area contributed by atoms with Crippen LogP contribution in [0.25, 0.3) is 0 Å². The van der Waals surface area contributed by atoms with E-state index >= 15 is 0 Å². The van der Waals surface area contributed by atoms with Gasteiger partial charge in [-0.05, 0) is 19.1 Å². The number of carbonyl (C=O) groups is 2. The standard InChI is InChI=1S/C14H18N2O3/c1-10-2-4-12(5-3-10)16-9-11(8-13(16)18)14(19)15-6-7-17/h2-5,11,17H,6-9H2,1H3,(H,15,19). The van der Waals surface area contributed by atoms with Crippen molar-refractivity contribution in [2.75, 3.05) is 24.6 Å². The summed E-state index contributed by atoms with van der Waals surface area (Å²) in [6.07, 6.45) is 0.227. The van der Waals surface area contributed by atoms with Gasteiger partial charge in [-0.1, -0.05) is 17.7 Å². The van der Waals surface area contributed by atoms with E-state index in [1.807, 2.05) is 31.2 Å². The second-order valence-electron chi connectivity index (χ2n) is 4.76. The molecule has 1 heterocycles. The van der Waals surface area contributed by atoms with Gasteiger partial charge in [-0.3, -0.25) is 9.59 Å². The SMILES string of the molecule is Cc1ccc(N2CC(C(=O)NCCO)CC2=O)cc1. The predicted octanol–water partition coefficient (Wildman–Crippen LogP) is 0.456. The number of nitrogens with zero attached hydrogens (tertiary/aromatic N) is 1. The molecule has 5 nitrogen and oxygen atoms in total. The van der Waals surface area contributed by atoms with Crippen LogP contribution in [0, 0.1) is 12.8 Å². The van der Waals surface area contributed by atoms with E-state index < -0.39 is 0 Å². The highest BCUT2D eigenvalue weighted by Gasteiger charge is 2.34. The lowest BCUT2D eigenvalue weighted by molar-refractivity contribution is -0.126. The molecule has 5 heteroatoms. The normalized spacial score (nSPS) is 18.7. The third-order valence-corrected chi connectivity index (χ3v) is 3.25. The van der Waals surface area contributed by atoms with E-state index in [2.05, 4.69) is 5.32 Å². The van der Waals surface area contributed by atoms with Gasteiger partial charge in [0.25, 0.3) is 0 Å². The summed E-state index contributed by atoms with van der Waals surface area (Å²) in [6, 6.07) is 7.67. The van der Waals surface area contributed by atoms with E-state index in [4.69, 9.17) is 5.11 Å². The van der Waals surface area contributed by atoms with Crippen molar-refractivity contribution < 1.29 is 14.7 Å². The quantitative estimate of drug-likeness (QED) is 0.828. The van der Waals surface area contributed by atoms with Crippen LogP contribution in [0.15, 0.2) is 24.3 Å². The number of anilines is 1. The summed E-state index contributed by atoms with van der Waals surface area (Å²) in [4.78, 5) is 25.4. The van der Waals surface area contributed by atoms with E-state index in [9.17, 15) is 9.59 Å². The largest absolute Gasteiger partial charge is 0.395 e. The third-order valence-electron chi connectivity index (χ3n) is 3.25. The molecule has 0 radical (unpaired) electrons. The molecule has 1 fully saturated rings. The molecular weight excluding hydrogens is 244 g/mol. The van der Waals surface area contributed by atoms with Crippen LogP contribution in [0.3, 0.4) is 0 Å². The fourth-order valence-corrected chi connectivity index (χ4v) is 2.18. The highest BCUT2D eigenvalue weighted by atomic mass is 16.3. The molecule has 0 aliphatic carbocycles. The van der Waals surface area contributed by atoms with Crippen LogP contribution >= 0.6 is 0 Å². The number of aliphatic hydroxyl groups is 1. The Morgan fingerprint density at radius 3 is 2.74 bits per heavy atom. The van der Waals surface area contributed by atoms with Crippen LogP contribution in [0.4, 0.5) is 5.69 Å². The van der Waals surface area contributed by atoms with Gasteiger partial charge in [-0.25, -0.2) is 0 Å². The van der Waals surface area contributed by atoms with Gasteiger partial charge in [-0.2, -0.15) is 0 Å². The maximum atomic E-state index is 11.9. The number of aryl methyl sites for hydroxylation is 1. The lowest BCUT2D eigenvalue weighted by atomic mass is 10.1. The lowest BCUT2D eigenvalue weighted by Crippen LogP contribution is -2.34. The molecule has 1 aromatic carbocycles. The molecule has 1 unspecified atom stereocenters. The maximum Gasteiger partial charge on any atom is 0.227 e. The topological polar surface area (TPSA) is 69.6 Å². The molecule has 0 aromatic heterocycles. The van der Waals surface area contributed by atoms with Gasteiger partial charge in [0.1, 0.15) is 0 Å². The van der Waals surface area contributed by atoms with E-state index in [1.165, 1.54) is 0 Å². The third kappa shape index (κ3) is 3.12. The lowest BCUT2D eigenvalue weighted by Gasteiger charge is -2.16. The number of aliphatic hydroxyl groups excluding tert-OH is 1. The van der Waals surface area contributed by atoms with Gasteiger partial charge in [0, 0.05) is 25.2 Å². The number of carbonyl (C=O) groups excluding carboxylic acids is 2. The summed E-state index contributed by atoms with van der Waals surface area (Å²) in [5.74, 6) is -0.537. The molecule has 1 aromatic rings. The maximum absolute atomic E-state index is 11.9. The summed E-state index contributed by atoms with van der Waals surface area (Å²) in [5.41, 5.74) is 1.96. The van der Waals surface area contributed by atoms with E-state index in [0.717, 1.165) is 11.3 Å². The van der Waals surface area contributed by atoms with Crippen molar-refractivity contribution in [1.29, 1.82) is 0 Å². The molecule has 2 rings (SSSR count). The Labute approximate surface area is 112 Å². The molecule has 1 aliphatic rings. The van der Waals surface area contributed by atoms with Crippen LogP contribution < -0.4 is 10.2 Å². The Balaban J connectivity index is 2.03. The number of benzene rings is 1. The molecule has 0 saturated carbocycles. The Kier molecular flexibility index (Phi) is 4.16. The minimum absolute atomic E-state index is 0.0343. The molecular formula is C14H18N2O3. The Bertz CT molecular complexity index is 470. The van der Waals surface area contributed by atoms with Crippen molar-refractivity contribution in [2.45, 2.75) is 13.3 Å². The van der Waals surface area contributed by atoms with E-state index in [1.54, 1.807) is 4.90 Å². The van der Waals surface area contributed by atoms with Crippen LogP contribution in [0.5, 0.6) is 0 Å². The smallest absolute Gasteiger partial charge is 0.227 e. The summed E-state index contributed by atoms with van der Waals surface area (Å²) in [6.45, 7) is 2.53. The molecule has 0 spiro atoms. The second kappa shape index (κ2) is 5.84. The van der Waals surface area contributed by atoms with Crippen molar-refractivity contribution in [3.8, 4) is 0 Å². The number of hydrogen-bond donors (Lipinski definition) is 2. The zero-order valence-electron chi connectivity index (χ0n) is 10.9. The highest BCUT2D eigenvalue weighted by Crippen LogP contribution is 2.25. The highest BCUT2D eigenvalue weighted by molar-refractivity contribution is 6.00. The number of nitrogens with one attached hydrogen (secondary N) is 1. The van der Waals surface area contributed by atoms with Crippen LogP contribution in [0.1, 0.15) is 12.0 Å². The fourth-order valence-electron chi connectivity index (χ4n) is 2.18. The van der Waals surface area contributed by atoms with Crippen molar-refractivity contribution in [1.82, 2.24) is 5.32 Å². The molecule has 1 saturated heterocycles. The number of hydrogen-bond acceptors (Lipinski definition) is 3. The first-order valence-electron chi connectivity index (χ1n) is 6.37. The van der Waals surface area contributed by atoms with E-state index in [-0.39, 0.29) is 37.3 Å². The fraction of sp³-hybridized carbons (Fsp3) is 0.429. The van der Waals surface area contributed by atoms with Crippen molar-refractivity contribution in [3.63, 3.8) is 0 Å². The molecule has 0 bridgehead atoms. The molecule has 1 atom stereocenters. The van der Waals surface area contributed by atoms with Gasteiger partial charge in [-0.15, -0.1) is 0 Å². The summed E-state index contributed by atoms with van der Waals surface area (Å²) in [5, 5.41) is 11.3. The molecule has 2 N–H and O–H groups in total. The molecule has 1 aliphatic heterocycles. The van der Waals surface area contributed by atoms with Crippen molar-refractivity contribution >= 4 is 17.5 Å². The second-order valence-corrected chi connectivity index (χ2v) is 4.76. The molecule has 102 valence electrons. The monoisotopic (exact) mass is 262 g/mol. The minimum Gasteiger partial charge on any atom is -0.395 e.